The number of carboxylic acid groups (broad SMARTS) is 1. The Bertz CT molecular complexity index is 266. The van der Waals surface area contributed by atoms with Crippen molar-refractivity contribution < 1.29 is 9.90 Å². The fourth-order valence-electron chi connectivity index (χ4n) is 0.683. The van der Waals surface area contributed by atoms with Gasteiger partial charge in [-0.05, 0) is 6.92 Å². The van der Waals surface area contributed by atoms with Gasteiger partial charge in [0.1, 0.15) is 5.82 Å². The number of carbonyl (C=O) groups excluding carboxylic acids is 1. The van der Waals surface area contributed by atoms with Crippen LogP contribution in [-0.2, 0) is 0 Å². The van der Waals surface area contributed by atoms with Crippen LogP contribution in [0.5, 0.6) is 0 Å². The number of aryl methyl sites for hydroxylation is 1. The molecule has 54 valence electrons. The van der Waals surface area contributed by atoms with Gasteiger partial charge in [0.2, 0.25) is 0 Å². The normalized spacial score (nSPS) is 9.70. The van der Waals surface area contributed by atoms with Gasteiger partial charge in [0.25, 0.3) is 0 Å². The van der Waals surface area contributed by atoms with E-state index in [4.69, 9.17) is 5.73 Å². The van der Waals surface area contributed by atoms with E-state index in [-0.39, 0.29) is 5.82 Å². The van der Waals surface area contributed by atoms with Crippen molar-refractivity contribution in [1.82, 2.24) is 9.78 Å². The van der Waals surface area contributed by atoms with E-state index in [0.29, 0.717) is 5.69 Å². The molecule has 5 nitrogen and oxygen atoms in total. The zero-order valence-electron chi connectivity index (χ0n) is 5.37. The molecule has 5 heteroatoms. The minimum absolute atomic E-state index is 0.182. The van der Waals surface area contributed by atoms with Gasteiger partial charge in [-0.15, -0.1) is 5.10 Å². The van der Waals surface area contributed by atoms with E-state index in [1.165, 1.54) is 6.07 Å². The largest absolute Gasteiger partial charge is 0.528 e. The van der Waals surface area contributed by atoms with Crippen molar-refractivity contribution >= 4 is 11.9 Å². The van der Waals surface area contributed by atoms with Gasteiger partial charge in [-0.1, -0.05) is 0 Å². The molecular weight excluding hydrogens is 134 g/mol. The van der Waals surface area contributed by atoms with Crippen molar-refractivity contribution in [2.45, 2.75) is 6.92 Å². The van der Waals surface area contributed by atoms with E-state index in [9.17, 15) is 9.90 Å². The monoisotopic (exact) mass is 140 g/mol. The first-order valence-corrected chi connectivity index (χ1v) is 2.65. The number of nitrogen functional groups attached to an aromatic ring is 1. The standard InChI is InChI=1S/C5H7N3O2/c1-3-2-4(6)7-8(3)5(9)10/h2H,1H3,(H2,6,7)(H,9,10)/p-1. The van der Waals surface area contributed by atoms with Crippen molar-refractivity contribution in [3.63, 3.8) is 0 Å². The third-order valence-corrected chi connectivity index (χ3v) is 1.08. The number of aromatic nitrogens is 2. The number of nitrogens with zero attached hydrogens (tertiary/aromatic N) is 2. The Balaban J connectivity index is 3.15. The predicted octanol–water partition coefficient (Wildman–Crippen LogP) is -1.03. The van der Waals surface area contributed by atoms with Crippen LogP contribution in [0.3, 0.4) is 0 Å². The van der Waals surface area contributed by atoms with Crippen LogP contribution < -0.4 is 10.8 Å². The van der Waals surface area contributed by atoms with Gasteiger partial charge in [0.05, 0.1) is 0 Å². The molecule has 0 atom stereocenters. The number of hydrogen-bond acceptors (Lipinski definition) is 4. The number of anilines is 1. The van der Waals surface area contributed by atoms with Gasteiger partial charge in [-0.3, -0.25) is 0 Å². The first-order chi connectivity index (χ1) is 4.61. The molecule has 0 fully saturated rings. The van der Waals surface area contributed by atoms with Crippen LogP contribution in [0.25, 0.3) is 0 Å². The van der Waals surface area contributed by atoms with E-state index in [1.54, 1.807) is 6.92 Å². The summed E-state index contributed by atoms with van der Waals surface area (Å²) < 4.78 is 0.718. The van der Waals surface area contributed by atoms with E-state index in [0.717, 1.165) is 4.68 Å². The van der Waals surface area contributed by atoms with Crippen molar-refractivity contribution in [2.75, 3.05) is 5.73 Å². The zero-order chi connectivity index (χ0) is 7.72. The smallest absolute Gasteiger partial charge is 0.163 e. The third kappa shape index (κ3) is 0.928. The second-order valence-corrected chi connectivity index (χ2v) is 1.89. The highest BCUT2D eigenvalue weighted by Gasteiger charge is 1.99. The van der Waals surface area contributed by atoms with Gasteiger partial charge in [-0.2, -0.15) is 0 Å². The average molecular weight is 140 g/mol. The molecular formula is C5H6N3O2-. The molecule has 0 radical (unpaired) electrons. The number of nitrogens with two attached hydrogens (primary N) is 1. The summed E-state index contributed by atoms with van der Waals surface area (Å²) in [5.41, 5.74) is 5.65. The molecule has 0 bridgehead atoms. The Kier molecular flexibility index (Phi) is 1.33. The maximum absolute atomic E-state index is 10.2. The minimum atomic E-state index is -1.37. The van der Waals surface area contributed by atoms with Gasteiger partial charge in [0.15, 0.2) is 6.09 Å². The Hall–Kier alpha value is -1.52. The SMILES string of the molecule is Cc1cc(N)nn1C(=O)[O-]. The predicted molar refractivity (Wildman–Crippen MR) is 32.2 cm³/mol. The highest BCUT2D eigenvalue weighted by molar-refractivity contribution is 5.66. The van der Waals surface area contributed by atoms with Crippen molar-refractivity contribution in [3.8, 4) is 0 Å². The van der Waals surface area contributed by atoms with Crippen LogP contribution in [0.2, 0.25) is 0 Å². The Labute approximate surface area is 57.1 Å². The van der Waals surface area contributed by atoms with Gasteiger partial charge in [-0.25, -0.2) is 4.68 Å². The fraction of sp³-hybridized carbons (Fsp3) is 0.200. The highest BCUT2D eigenvalue weighted by atomic mass is 16.4. The summed E-state index contributed by atoms with van der Waals surface area (Å²) in [6.07, 6.45) is -1.37. The van der Waals surface area contributed by atoms with Gasteiger partial charge >= 0.3 is 0 Å². The molecule has 2 N–H and O–H groups in total. The quantitative estimate of drug-likeness (QED) is 0.499. The van der Waals surface area contributed by atoms with E-state index in [2.05, 4.69) is 5.10 Å². The summed E-state index contributed by atoms with van der Waals surface area (Å²) in [7, 11) is 0. The lowest BCUT2D eigenvalue weighted by Crippen LogP contribution is -2.30. The van der Waals surface area contributed by atoms with Crippen LogP contribution >= 0.6 is 0 Å². The van der Waals surface area contributed by atoms with Crippen LogP contribution in [0.4, 0.5) is 10.6 Å². The molecule has 0 spiro atoms. The van der Waals surface area contributed by atoms with E-state index in [1.807, 2.05) is 0 Å². The summed E-state index contributed by atoms with van der Waals surface area (Å²) in [5, 5.41) is 13.6. The van der Waals surface area contributed by atoms with Crippen LogP contribution in [-0.4, -0.2) is 15.9 Å². The molecule has 0 aliphatic rings. The molecule has 0 aliphatic heterocycles. The molecule has 1 aromatic rings. The molecule has 0 aliphatic carbocycles. The number of carbonyl (C=O) groups is 1. The van der Waals surface area contributed by atoms with Gasteiger partial charge in [0, 0.05) is 11.8 Å². The second-order valence-electron chi connectivity index (χ2n) is 1.89. The van der Waals surface area contributed by atoms with Gasteiger partial charge < -0.3 is 15.6 Å². The summed E-state index contributed by atoms with van der Waals surface area (Å²) in [5.74, 6) is 0.182. The lowest BCUT2D eigenvalue weighted by molar-refractivity contribution is -0.251. The molecule has 0 saturated carbocycles. The molecule has 0 aromatic carbocycles. The molecule has 1 heterocycles. The van der Waals surface area contributed by atoms with Crippen molar-refractivity contribution in [1.29, 1.82) is 0 Å². The maximum atomic E-state index is 10.2. The molecule has 0 saturated heterocycles. The summed E-state index contributed by atoms with van der Waals surface area (Å²) in [6.45, 7) is 1.58. The van der Waals surface area contributed by atoms with Crippen LogP contribution in [0.15, 0.2) is 6.07 Å². The molecule has 0 amide bonds. The lowest BCUT2D eigenvalue weighted by Gasteiger charge is -2.01. The number of rotatable bonds is 0. The van der Waals surface area contributed by atoms with Crippen molar-refractivity contribution in [3.05, 3.63) is 11.8 Å². The van der Waals surface area contributed by atoms with Crippen LogP contribution in [0, 0.1) is 6.92 Å². The molecule has 1 aromatic heterocycles. The van der Waals surface area contributed by atoms with E-state index < -0.39 is 6.09 Å². The average Bonchev–Trinajstić information content (AvgIpc) is 2.10. The number of hydrogen-bond donors (Lipinski definition) is 1. The summed E-state index contributed by atoms with van der Waals surface area (Å²) >= 11 is 0. The summed E-state index contributed by atoms with van der Waals surface area (Å²) in [4.78, 5) is 10.2. The molecule has 0 unspecified atom stereocenters. The maximum Gasteiger partial charge on any atom is 0.163 e. The highest BCUT2D eigenvalue weighted by Crippen LogP contribution is 2.01. The molecule has 1 rings (SSSR count). The topological polar surface area (TPSA) is 84.0 Å². The first kappa shape index (κ1) is 6.60. The zero-order valence-corrected chi connectivity index (χ0v) is 5.37. The minimum Gasteiger partial charge on any atom is -0.528 e. The second kappa shape index (κ2) is 2.02. The lowest BCUT2D eigenvalue weighted by atomic mass is 10.5. The molecule has 10 heavy (non-hydrogen) atoms. The Morgan fingerprint density at radius 3 is 2.70 bits per heavy atom. The van der Waals surface area contributed by atoms with Crippen molar-refractivity contribution in [2.24, 2.45) is 0 Å². The Morgan fingerprint density at radius 1 is 1.90 bits per heavy atom. The van der Waals surface area contributed by atoms with Crippen LogP contribution in [0.1, 0.15) is 5.69 Å². The Morgan fingerprint density at radius 2 is 2.50 bits per heavy atom. The summed E-state index contributed by atoms with van der Waals surface area (Å²) in [6, 6.07) is 1.45. The first-order valence-electron chi connectivity index (χ1n) is 2.65. The van der Waals surface area contributed by atoms with E-state index >= 15 is 0 Å². The third-order valence-electron chi connectivity index (χ3n) is 1.08. The fourth-order valence-corrected chi connectivity index (χ4v) is 0.683.